The van der Waals surface area contributed by atoms with Crippen LogP contribution in [0, 0.1) is 11.3 Å². The van der Waals surface area contributed by atoms with E-state index in [4.69, 9.17) is 0 Å². The van der Waals surface area contributed by atoms with Crippen LogP contribution < -0.4 is 5.32 Å². The van der Waals surface area contributed by atoms with Gasteiger partial charge in [-0.1, -0.05) is 27.7 Å². The summed E-state index contributed by atoms with van der Waals surface area (Å²) in [7, 11) is 0. The van der Waals surface area contributed by atoms with Crippen LogP contribution in [0.4, 0.5) is 4.79 Å². The molecule has 0 bridgehead atoms. The Morgan fingerprint density at radius 1 is 1.21 bits per heavy atom. The number of amides is 4. The Morgan fingerprint density at radius 3 is 2.32 bits per heavy atom. The van der Waals surface area contributed by atoms with Gasteiger partial charge < -0.3 is 0 Å². The average Bonchev–Trinajstić information content (AvgIpc) is 2.35. The lowest BCUT2D eigenvalue weighted by atomic mass is 9.75. The lowest BCUT2D eigenvalue weighted by Crippen LogP contribution is -2.63. The number of hydrogen-bond acceptors (Lipinski definition) is 3. The second kappa shape index (κ2) is 6.17. The third-order valence-corrected chi connectivity index (χ3v) is 3.75. The first-order valence-corrected chi connectivity index (χ1v) is 7.06. The normalized spacial score (nSPS) is 24.1. The third-order valence-electron chi connectivity index (χ3n) is 3.75. The summed E-state index contributed by atoms with van der Waals surface area (Å²) >= 11 is 0. The van der Waals surface area contributed by atoms with Gasteiger partial charge in [-0.05, 0) is 31.6 Å². The van der Waals surface area contributed by atoms with Crippen LogP contribution in [0.5, 0.6) is 0 Å². The molecule has 1 rings (SSSR count). The molecular formula is C14H24N2O3. The quantitative estimate of drug-likeness (QED) is 0.752. The molecule has 0 radical (unpaired) electrons. The molecule has 5 heteroatoms. The standard InChI is InChI=1S/C14H24N2O3/c1-5-9-16-12(18)14(6-2,8-7-10(3)4)11(17)15-13(16)19/h10H,5-9H2,1-4H3,(H,15,17,19). The van der Waals surface area contributed by atoms with E-state index in [1.807, 2.05) is 13.8 Å². The summed E-state index contributed by atoms with van der Waals surface area (Å²) in [4.78, 5) is 37.6. The summed E-state index contributed by atoms with van der Waals surface area (Å²) in [5, 5.41) is 2.34. The van der Waals surface area contributed by atoms with Crippen LogP contribution in [0.1, 0.15) is 53.4 Å². The molecule has 1 atom stereocenters. The van der Waals surface area contributed by atoms with Gasteiger partial charge >= 0.3 is 6.03 Å². The molecule has 4 amide bonds. The van der Waals surface area contributed by atoms with E-state index in [9.17, 15) is 14.4 Å². The lowest BCUT2D eigenvalue weighted by molar-refractivity contribution is -0.152. The van der Waals surface area contributed by atoms with Gasteiger partial charge in [0.25, 0.3) is 0 Å². The van der Waals surface area contributed by atoms with E-state index in [-0.39, 0.29) is 5.91 Å². The molecule has 1 fully saturated rings. The number of carbonyl (C=O) groups excluding carboxylic acids is 3. The summed E-state index contributed by atoms with van der Waals surface area (Å²) in [6.07, 6.45) is 2.41. The van der Waals surface area contributed by atoms with Gasteiger partial charge in [-0.25, -0.2) is 4.79 Å². The van der Waals surface area contributed by atoms with Gasteiger partial charge in [-0.2, -0.15) is 0 Å². The second-order valence-corrected chi connectivity index (χ2v) is 5.58. The average molecular weight is 268 g/mol. The molecule has 0 saturated carbocycles. The molecule has 0 aromatic heterocycles. The van der Waals surface area contributed by atoms with Crippen molar-refractivity contribution in [3.63, 3.8) is 0 Å². The molecule has 1 aliphatic rings. The molecule has 19 heavy (non-hydrogen) atoms. The van der Waals surface area contributed by atoms with E-state index >= 15 is 0 Å². The van der Waals surface area contributed by atoms with Crippen molar-refractivity contribution in [2.24, 2.45) is 11.3 Å². The van der Waals surface area contributed by atoms with Gasteiger partial charge in [0.1, 0.15) is 5.41 Å². The first kappa shape index (κ1) is 15.7. The smallest absolute Gasteiger partial charge is 0.277 e. The van der Waals surface area contributed by atoms with Crippen LogP contribution >= 0.6 is 0 Å². The van der Waals surface area contributed by atoms with Crippen molar-refractivity contribution in [3.05, 3.63) is 0 Å². The van der Waals surface area contributed by atoms with E-state index in [0.717, 1.165) is 6.42 Å². The lowest BCUT2D eigenvalue weighted by Gasteiger charge is -2.39. The number of urea groups is 1. The van der Waals surface area contributed by atoms with Gasteiger partial charge in [-0.15, -0.1) is 0 Å². The molecule has 1 N–H and O–H groups in total. The minimum atomic E-state index is -1.06. The highest BCUT2D eigenvalue weighted by Crippen LogP contribution is 2.35. The van der Waals surface area contributed by atoms with Gasteiger partial charge in [0.05, 0.1) is 0 Å². The first-order chi connectivity index (χ1) is 8.89. The van der Waals surface area contributed by atoms with E-state index < -0.39 is 17.4 Å². The van der Waals surface area contributed by atoms with Crippen molar-refractivity contribution in [3.8, 4) is 0 Å². The fourth-order valence-corrected chi connectivity index (χ4v) is 2.40. The number of hydrogen-bond donors (Lipinski definition) is 1. The summed E-state index contributed by atoms with van der Waals surface area (Å²) in [6, 6.07) is -0.578. The van der Waals surface area contributed by atoms with E-state index in [1.54, 1.807) is 0 Å². The predicted molar refractivity (Wildman–Crippen MR) is 72.3 cm³/mol. The van der Waals surface area contributed by atoms with Gasteiger partial charge in [0, 0.05) is 6.54 Å². The predicted octanol–water partition coefficient (Wildman–Crippen LogP) is 2.31. The minimum absolute atomic E-state index is 0.328. The molecule has 0 aromatic rings. The van der Waals surface area contributed by atoms with Crippen molar-refractivity contribution in [1.82, 2.24) is 10.2 Å². The zero-order chi connectivity index (χ0) is 14.6. The highest BCUT2D eigenvalue weighted by atomic mass is 16.2. The summed E-state index contributed by atoms with van der Waals surface area (Å²) in [5.41, 5.74) is -1.06. The molecular weight excluding hydrogens is 244 g/mol. The Bertz CT molecular complexity index is 379. The molecule has 108 valence electrons. The van der Waals surface area contributed by atoms with Crippen LogP contribution in [-0.2, 0) is 9.59 Å². The highest BCUT2D eigenvalue weighted by Gasteiger charge is 2.51. The molecule has 0 aliphatic carbocycles. The van der Waals surface area contributed by atoms with Crippen molar-refractivity contribution < 1.29 is 14.4 Å². The number of nitrogens with one attached hydrogen (secondary N) is 1. The zero-order valence-corrected chi connectivity index (χ0v) is 12.3. The van der Waals surface area contributed by atoms with Crippen molar-refractivity contribution in [2.75, 3.05) is 6.54 Å². The summed E-state index contributed by atoms with van der Waals surface area (Å²) in [5.74, 6) is -0.342. The highest BCUT2D eigenvalue weighted by molar-refractivity contribution is 6.19. The number of carbonyl (C=O) groups is 3. The van der Waals surface area contributed by atoms with Crippen LogP contribution in [-0.4, -0.2) is 29.3 Å². The minimum Gasteiger partial charge on any atom is -0.277 e. The number of imide groups is 2. The SMILES string of the molecule is CCCN1C(=O)NC(=O)C(CC)(CCC(C)C)C1=O. The van der Waals surface area contributed by atoms with Crippen LogP contribution in [0.25, 0.3) is 0 Å². The topological polar surface area (TPSA) is 66.5 Å². The van der Waals surface area contributed by atoms with Gasteiger partial charge in [0.15, 0.2) is 0 Å². The number of nitrogens with zero attached hydrogens (tertiary/aromatic N) is 1. The molecule has 1 heterocycles. The van der Waals surface area contributed by atoms with Crippen molar-refractivity contribution in [2.45, 2.75) is 53.4 Å². The summed E-state index contributed by atoms with van der Waals surface area (Å²) in [6.45, 7) is 8.21. The fraction of sp³-hybridized carbons (Fsp3) is 0.786. The Morgan fingerprint density at radius 2 is 1.84 bits per heavy atom. The molecule has 1 saturated heterocycles. The maximum absolute atomic E-state index is 12.5. The molecule has 0 aromatic carbocycles. The van der Waals surface area contributed by atoms with Crippen LogP contribution in [0.15, 0.2) is 0 Å². The zero-order valence-electron chi connectivity index (χ0n) is 12.3. The number of rotatable bonds is 6. The fourth-order valence-electron chi connectivity index (χ4n) is 2.40. The Balaban J connectivity index is 3.02. The van der Waals surface area contributed by atoms with Crippen LogP contribution in [0.3, 0.4) is 0 Å². The third kappa shape index (κ3) is 2.96. The molecule has 0 spiro atoms. The maximum Gasteiger partial charge on any atom is 0.330 e. The molecule has 5 nitrogen and oxygen atoms in total. The number of barbiturate groups is 1. The van der Waals surface area contributed by atoms with Gasteiger partial charge in [-0.3, -0.25) is 19.8 Å². The van der Waals surface area contributed by atoms with Crippen LogP contribution in [0.2, 0.25) is 0 Å². The Kier molecular flexibility index (Phi) is 5.09. The van der Waals surface area contributed by atoms with E-state index in [1.165, 1.54) is 4.90 Å². The second-order valence-electron chi connectivity index (χ2n) is 5.58. The first-order valence-electron chi connectivity index (χ1n) is 7.06. The Labute approximate surface area is 114 Å². The molecule has 1 aliphatic heterocycles. The van der Waals surface area contributed by atoms with Crippen molar-refractivity contribution in [1.29, 1.82) is 0 Å². The van der Waals surface area contributed by atoms with E-state index in [2.05, 4.69) is 19.2 Å². The summed E-state index contributed by atoms with van der Waals surface area (Å²) < 4.78 is 0. The van der Waals surface area contributed by atoms with Crippen molar-refractivity contribution >= 4 is 17.8 Å². The van der Waals surface area contributed by atoms with E-state index in [0.29, 0.717) is 31.7 Å². The monoisotopic (exact) mass is 268 g/mol. The van der Waals surface area contributed by atoms with Gasteiger partial charge in [0.2, 0.25) is 11.8 Å². The molecule has 1 unspecified atom stereocenters. The Hall–Kier alpha value is -1.39. The largest absolute Gasteiger partial charge is 0.330 e. The maximum atomic E-state index is 12.5.